The first-order chi connectivity index (χ1) is 27.5. The number of rotatable bonds is 9. The fraction of sp³-hybridized carbons (Fsp3) is 0.545. The summed E-state index contributed by atoms with van der Waals surface area (Å²) in [5.74, 6) is -3.66. The van der Waals surface area contributed by atoms with Crippen LogP contribution in [0.4, 0.5) is 17.6 Å². The Kier molecular flexibility index (Phi) is 17.1. The van der Waals surface area contributed by atoms with Crippen LogP contribution in [0.3, 0.4) is 0 Å². The predicted octanol–water partition coefficient (Wildman–Crippen LogP) is 12.6. The van der Waals surface area contributed by atoms with Crippen LogP contribution in [0.15, 0.2) is 47.4 Å². The first kappa shape index (κ1) is 46.6. The number of alkyl halides is 4. The molecule has 0 spiro atoms. The lowest BCUT2D eigenvalue weighted by Gasteiger charge is -2.27. The van der Waals surface area contributed by atoms with Gasteiger partial charge in [-0.05, 0) is 48.6 Å². The highest BCUT2D eigenvalue weighted by Gasteiger charge is 2.38. The maximum atomic E-state index is 13.4. The Labute approximate surface area is 348 Å². The number of hydrogen-bond acceptors (Lipinski definition) is 6. The quantitative estimate of drug-likeness (QED) is 0.111. The number of hydrogen-bond donors (Lipinski definition) is 4. The fourth-order valence-corrected chi connectivity index (χ4v) is 8.90. The summed E-state index contributed by atoms with van der Waals surface area (Å²) in [6.07, 6.45) is 3.25. The Balaban J connectivity index is 0.000000675. The Morgan fingerprint density at radius 2 is 1.02 bits per heavy atom. The molecular formula is C44H60F4N6O2S2. The number of halogens is 4. The topological polar surface area (TPSA) is 116 Å². The Morgan fingerprint density at radius 3 is 1.47 bits per heavy atom. The molecule has 1 aromatic carbocycles. The van der Waals surface area contributed by atoms with Crippen molar-refractivity contribution < 1.29 is 27.2 Å². The average Bonchev–Trinajstić information content (AvgIpc) is 3.99. The number of carbonyl (C=O) groups is 2. The molecule has 0 aliphatic heterocycles. The number of imidazole rings is 2. The summed E-state index contributed by atoms with van der Waals surface area (Å²) in [5.41, 5.74) is 5.81. The minimum atomic E-state index is -2.66. The van der Waals surface area contributed by atoms with Gasteiger partial charge in [0.2, 0.25) is 23.7 Å². The molecule has 0 radical (unpaired) electrons. The van der Waals surface area contributed by atoms with Crippen LogP contribution in [0.5, 0.6) is 0 Å². The van der Waals surface area contributed by atoms with Gasteiger partial charge in [-0.2, -0.15) is 0 Å². The molecule has 5 aromatic rings. The van der Waals surface area contributed by atoms with E-state index in [1.54, 1.807) is 35.1 Å². The normalized spacial score (nSPS) is 16.4. The van der Waals surface area contributed by atoms with E-state index >= 15 is 0 Å². The van der Waals surface area contributed by atoms with E-state index < -0.39 is 11.8 Å². The van der Waals surface area contributed by atoms with Gasteiger partial charge in [0.1, 0.15) is 11.6 Å². The van der Waals surface area contributed by atoms with Crippen LogP contribution in [-0.2, 0) is 22.7 Å². The first-order valence-electron chi connectivity index (χ1n) is 20.5. The molecule has 58 heavy (non-hydrogen) atoms. The lowest BCUT2D eigenvalue weighted by molar-refractivity contribution is -0.130. The first-order valence-corrected chi connectivity index (χ1v) is 22.2. The SMILES string of the molecule is CC.CC(C)C.CC(C)C.O=C(NCc1ncc(-c2ccc(-c3csc4c(-c5cnc(CNC(=O)C6CCC(F)(F)CC6)[nH]5)csc34)cc2)[nH]1)C1CCC(F)(F)CC1. The largest absolute Gasteiger partial charge is 0.349 e. The Morgan fingerprint density at radius 1 is 0.655 bits per heavy atom. The van der Waals surface area contributed by atoms with Gasteiger partial charge in [-0.15, -0.1) is 22.7 Å². The van der Waals surface area contributed by atoms with Gasteiger partial charge >= 0.3 is 0 Å². The third-order valence-corrected chi connectivity index (χ3v) is 11.5. The number of benzene rings is 1. The van der Waals surface area contributed by atoms with Gasteiger partial charge in [0.25, 0.3) is 0 Å². The van der Waals surface area contributed by atoms with Gasteiger partial charge in [-0.1, -0.05) is 79.7 Å². The lowest BCUT2D eigenvalue weighted by atomic mass is 9.86. The number of aromatic nitrogens is 4. The molecule has 14 heteroatoms. The Bertz CT molecular complexity index is 2000. The van der Waals surface area contributed by atoms with E-state index in [2.05, 4.69) is 95.0 Å². The summed E-state index contributed by atoms with van der Waals surface area (Å²) in [6, 6.07) is 8.14. The monoisotopic (exact) mass is 844 g/mol. The maximum absolute atomic E-state index is 13.4. The predicted molar refractivity (Wildman–Crippen MR) is 230 cm³/mol. The van der Waals surface area contributed by atoms with Crippen molar-refractivity contribution in [3.8, 4) is 33.6 Å². The molecule has 2 saturated carbocycles. The minimum Gasteiger partial charge on any atom is -0.349 e. The van der Waals surface area contributed by atoms with E-state index in [-0.39, 0.29) is 88.1 Å². The third kappa shape index (κ3) is 13.5. The van der Waals surface area contributed by atoms with Gasteiger partial charge in [-0.25, -0.2) is 27.5 Å². The summed E-state index contributed by atoms with van der Waals surface area (Å²) in [5, 5.41) is 9.89. The molecule has 2 aliphatic rings. The highest BCUT2D eigenvalue weighted by atomic mass is 32.1. The zero-order valence-corrected chi connectivity index (χ0v) is 36.7. The van der Waals surface area contributed by atoms with Crippen molar-refractivity contribution in [2.75, 3.05) is 0 Å². The average molecular weight is 845 g/mol. The van der Waals surface area contributed by atoms with Crippen LogP contribution < -0.4 is 10.6 Å². The zero-order chi connectivity index (χ0) is 42.6. The molecule has 0 bridgehead atoms. The summed E-state index contributed by atoms with van der Waals surface area (Å²) < 4.78 is 56.0. The molecule has 2 aliphatic carbocycles. The molecule has 4 heterocycles. The number of H-pyrrole nitrogens is 2. The molecular weight excluding hydrogens is 785 g/mol. The van der Waals surface area contributed by atoms with E-state index in [4.69, 9.17) is 0 Å². The van der Waals surface area contributed by atoms with E-state index in [1.165, 1.54) is 0 Å². The highest BCUT2D eigenvalue weighted by molar-refractivity contribution is 7.27. The molecule has 0 unspecified atom stereocenters. The molecule has 8 nitrogen and oxygen atoms in total. The van der Waals surface area contributed by atoms with Crippen molar-refractivity contribution in [3.63, 3.8) is 0 Å². The van der Waals surface area contributed by atoms with Crippen LogP contribution >= 0.6 is 22.7 Å². The van der Waals surface area contributed by atoms with Gasteiger partial charge in [0, 0.05) is 59.4 Å². The minimum absolute atomic E-state index is 0.194. The molecule has 2 amide bonds. The number of amides is 2. The zero-order valence-electron chi connectivity index (χ0n) is 35.0. The van der Waals surface area contributed by atoms with Crippen molar-refractivity contribution >= 4 is 43.9 Å². The second kappa shape index (κ2) is 21.3. The molecule has 2 fully saturated rings. The van der Waals surface area contributed by atoms with Gasteiger partial charge < -0.3 is 20.6 Å². The van der Waals surface area contributed by atoms with Crippen molar-refractivity contribution in [1.82, 2.24) is 30.6 Å². The van der Waals surface area contributed by atoms with Gasteiger partial charge in [-0.3, -0.25) is 9.59 Å². The van der Waals surface area contributed by atoms with Crippen LogP contribution in [0.25, 0.3) is 43.0 Å². The van der Waals surface area contributed by atoms with E-state index in [1.807, 2.05) is 26.0 Å². The summed E-state index contributed by atoms with van der Waals surface area (Å²) in [6.45, 7) is 17.4. The third-order valence-electron chi connectivity index (χ3n) is 9.37. The maximum Gasteiger partial charge on any atom is 0.248 e. The Hall–Kier alpha value is -4.04. The van der Waals surface area contributed by atoms with Gasteiger partial charge in [0.05, 0.1) is 46.3 Å². The lowest BCUT2D eigenvalue weighted by Crippen LogP contribution is -2.35. The molecule has 0 saturated heterocycles. The number of carbonyl (C=O) groups excluding carboxylic acids is 2. The molecule has 4 N–H and O–H groups in total. The van der Waals surface area contributed by atoms with Crippen molar-refractivity contribution in [3.05, 3.63) is 59.1 Å². The standard InChI is InChI=1S/C34H34F4N6O2S2.2C4H10.C2H6/c35-33(36)9-5-21(6-10-33)31(45)41-15-27-39-13-25(43-27)20-3-1-19(2-4-20)23-17-47-30-24(18-48-29(23)30)26-14-40-28(44-26)16-42-32(46)22-7-11-34(37,38)12-8-22;2*1-4(2)3;1-2/h1-4,13-14,17-18,21-22H,5-12,15-16H2,(H,39,43)(H,40,44)(H,41,45)(H,42,46);2*4H,1-3H3;1-2H3. The van der Waals surface area contributed by atoms with E-state index in [0.717, 1.165) is 54.9 Å². The fourth-order valence-electron chi connectivity index (χ4n) is 6.46. The summed E-state index contributed by atoms with van der Waals surface area (Å²) in [4.78, 5) is 40.3. The second-order valence-corrected chi connectivity index (χ2v) is 17.9. The molecule has 0 atom stereocenters. The number of aromatic amines is 2. The number of fused-ring (bicyclic) bond motifs is 1. The van der Waals surface area contributed by atoms with Crippen molar-refractivity contribution in [2.45, 2.75) is 132 Å². The molecule has 318 valence electrons. The van der Waals surface area contributed by atoms with Crippen molar-refractivity contribution in [1.29, 1.82) is 0 Å². The van der Waals surface area contributed by atoms with E-state index in [9.17, 15) is 27.2 Å². The van der Waals surface area contributed by atoms with Crippen LogP contribution in [0.2, 0.25) is 0 Å². The smallest absolute Gasteiger partial charge is 0.248 e. The number of nitrogens with one attached hydrogen (secondary N) is 4. The number of nitrogens with zero attached hydrogens (tertiary/aromatic N) is 2. The highest BCUT2D eigenvalue weighted by Crippen LogP contribution is 2.44. The van der Waals surface area contributed by atoms with E-state index in [0.29, 0.717) is 11.6 Å². The summed E-state index contributed by atoms with van der Waals surface area (Å²) in [7, 11) is 0. The molecule has 7 rings (SSSR count). The number of thiophene rings is 2. The van der Waals surface area contributed by atoms with Gasteiger partial charge in [0.15, 0.2) is 0 Å². The van der Waals surface area contributed by atoms with Crippen LogP contribution in [0, 0.1) is 23.7 Å². The summed E-state index contributed by atoms with van der Waals surface area (Å²) >= 11 is 3.30. The molecule has 4 aromatic heterocycles. The van der Waals surface area contributed by atoms with Crippen LogP contribution in [-0.4, -0.2) is 43.6 Å². The van der Waals surface area contributed by atoms with Crippen molar-refractivity contribution in [2.24, 2.45) is 23.7 Å². The van der Waals surface area contributed by atoms with Crippen LogP contribution in [0.1, 0.15) is 118 Å². The second-order valence-electron chi connectivity index (χ2n) is 16.2.